The van der Waals surface area contributed by atoms with Crippen LogP contribution in [0.2, 0.25) is 5.02 Å². The Labute approximate surface area is 219 Å². The van der Waals surface area contributed by atoms with Gasteiger partial charge in [-0.1, -0.05) is 41.9 Å². The molecule has 1 aromatic heterocycles. The van der Waals surface area contributed by atoms with Gasteiger partial charge in [-0.05, 0) is 56.3 Å². The highest BCUT2D eigenvalue weighted by molar-refractivity contribution is 6.30. The van der Waals surface area contributed by atoms with E-state index in [4.69, 9.17) is 16.3 Å². The van der Waals surface area contributed by atoms with Gasteiger partial charge in [-0.25, -0.2) is 9.37 Å². The fraction of sp³-hybridized carbons (Fsp3) is 0.179. The summed E-state index contributed by atoms with van der Waals surface area (Å²) >= 11 is 6.01. The number of amides is 2. The predicted molar refractivity (Wildman–Crippen MR) is 142 cm³/mol. The lowest BCUT2D eigenvalue weighted by molar-refractivity contribution is -0.117. The predicted octanol–water partition coefficient (Wildman–Crippen LogP) is 5.83. The summed E-state index contributed by atoms with van der Waals surface area (Å²) in [7, 11) is 1.55. The summed E-state index contributed by atoms with van der Waals surface area (Å²) in [6, 6.07) is 20.2. The molecule has 190 valence electrons. The third-order valence-electron chi connectivity index (χ3n) is 5.74. The summed E-state index contributed by atoms with van der Waals surface area (Å²) in [5, 5.41) is 2.75. The highest BCUT2D eigenvalue weighted by atomic mass is 35.5. The zero-order chi connectivity index (χ0) is 26.5. The molecule has 2 amide bonds. The molecule has 0 saturated heterocycles. The molecule has 1 heterocycles. The van der Waals surface area contributed by atoms with E-state index in [1.165, 1.54) is 17.0 Å². The minimum absolute atomic E-state index is 0.0548. The van der Waals surface area contributed by atoms with Gasteiger partial charge in [0.05, 0.1) is 23.5 Å². The number of benzene rings is 3. The zero-order valence-corrected chi connectivity index (χ0v) is 21.4. The van der Waals surface area contributed by atoms with Crippen LogP contribution < -0.4 is 10.1 Å². The van der Waals surface area contributed by atoms with Crippen molar-refractivity contribution < 1.29 is 18.7 Å². The van der Waals surface area contributed by atoms with Gasteiger partial charge >= 0.3 is 0 Å². The fourth-order valence-electron chi connectivity index (χ4n) is 3.76. The number of methoxy groups -OCH3 is 1. The molecule has 4 aromatic rings. The number of halogens is 2. The van der Waals surface area contributed by atoms with Gasteiger partial charge in [0.15, 0.2) is 0 Å². The molecule has 0 aliphatic heterocycles. The summed E-state index contributed by atoms with van der Waals surface area (Å²) in [5.41, 5.74) is 2.40. The van der Waals surface area contributed by atoms with Gasteiger partial charge < -0.3 is 9.64 Å². The maximum atomic E-state index is 13.8. The average Bonchev–Trinajstić information content (AvgIpc) is 3.32. The van der Waals surface area contributed by atoms with Crippen molar-refractivity contribution in [1.82, 2.24) is 14.5 Å². The summed E-state index contributed by atoms with van der Waals surface area (Å²) in [5.74, 6) is -0.426. The Morgan fingerprint density at radius 1 is 1.08 bits per heavy atom. The molecular weight excluding hydrogens is 495 g/mol. The van der Waals surface area contributed by atoms with E-state index in [0.29, 0.717) is 22.7 Å². The summed E-state index contributed by atoms with van der Waals surface area (Å²) in [6.07, 6.45) is 1.73. The van der Waals surface area contributed by atoms with Crippen molar-refractivity contribution in [1.29, 1.82) is 0 Å². The van der Waals surface area contributed by atoms with Gasteiger partial charge in [0, 0.05) is 23.4 Å². The molecule has 0 bridgehead atoms. The van der Waals surface area contributed by atoms with Crippen LogP contribution in [0.25, 0.3) is 16.9 Å². The van der Waals surface area contributed by atoms with Crippen molar-refractivity contribution in [2.75, 3.05) is 19.0 Å². The molecule has 0 unspecified atom stereocenters. The maximum Gasteiger partial charge on any atom is 0.254 e. The molecule has 3 aromatic carbocycles. The summed E-state index contributed by atoms with van der Waals surface area (Å²) in [4.78, 5) is 32.4. The first-order valence-corrected chi connectivity index (χ1v) is 12.0. The number of imidazole rings is 1. The topological polar surface area (TPSA) is 76.5 Å². The van der Waals surface area contributed by atoms with Gasteiger partial charge in [-0.15, -0.1) is 0 Å². The van der Waals surface area contributed by atoms with E-state index in [0.717, 1.165) is 5.56 Å². The second-order valence-corrected chi connectivity index (χ2v) is 8.99. The van der Waals surface area contributed by atoms with Crippen LogP contribution in [0.3, 0.4) is 0 Å². The molecule has 1 N–H and O–H groups in total. The normalized spacial score (nSPS) is 10.9. The minimum atomic E-state index is -0.552. The second kappa shape index (κ2) is 11.3. The molecule has 37 heavy (non-hydrogen) atoms. The van der Waals surface area contributed by atoms with E-state index >= 15 is 0 Å². The Kier molecular flexibility index (Phi) is 7.89. The Morgan fingerprint density at radius 3 is 2.41 bits per heavy atom. The minimum Gasteiger partial charge on any atom is -0.497 e. The Hall–Kier alpha value is -4.17. The quantitative estimate of drug-likeness (QED) is 0.317. The van der Waals surface area contributed by atoms with Gasteiger partial charge in [-0.3, -0.25) is 19.5 Å². The molecule has 0 radical (unpaired) electrons. The standard InChI is InChI=1S/C28H26ClFN4O3/c1-18(2)33(27(36)20-9-12-22(37-3)13-10-20)17-26(35)32-28-31-25(19-7-5-4-6-8-19)16-34(28)21-11-14-24(30)23(29)15-21/h4-16,18H,17H2,1-3H3,(H,31,32,35). The van der Waals surface area contributed by atoms with E-state index in [1.54, 1.807) is 48.2 Å². The maximum absolute atomic E-state index is 13.8. The van der Waals surface area contributed by atoms with Crippen molar-refractivity contribution in [3.63, 3.8) is 0 Å². The van der Waals surface area contributed by atoms with E-state index in [2.05, 4.69) is 10.3 Å². The summed E-state index contributed by atoms with van der Waals surface area (Å²) in [6.45, 7) is 3.48. The van der Waals surface area contributed by atoms with Crippen LogP contribution in [0, 0.1) is 5.82 Å². The van der Waals surface area contributed by atoms with Crippen molar-refractivity contribution >= 4 is 29.4 Å². The lowest BCUT2D eigenvalue weighted by atomic mass is 10.1. The van der Waals surface area contributed by atoms with Crippen LogP contribution >= 0.6 is 11.6 Å². The van der Waals surface area contributed by atoms with Crippen LogP contribution in [-0.2, 0) is 4.79 Å². The van der Waals surface area contributed by atoms with Gasteiger partial charge in [-0.2, -0.15) is 0 Å². The summed E-state index contributed by atoms with van der Waals surface area (Å²) < 4.78 is 20.6. The molecular formula is C28H26ClFN4O3. The molecule has 0 saturated carbocycles. The SMILES string of the molecule is COc1ccc(C(=O)N(CC(=O)Nc2nc(-c3ccccc3)cn2-c2ccc(F)c(Cl)c2)C(C)C)cc1. The number of carbonyl (C=O) groups excluding carboxylic acids is 2. The Morgan fingerprint density at radius 2 is 1.78 bits per heavy atom. The van der Waals surface area contributed by atoms with Crippen LogP contribution in [-0.4, -0.2) is 46.0 Å². The third-order valence-corrected chi connectivity index (χ3v) is 6.03. The zero-order valence-electron chi connectivity index (χ0n) is 20.6. The monoisotopic (exact) mass is 520 g/mol. The molecule has 0 aliphatic carbocycles. The number of nitrogens with zero attached hydrogens (tertiary/aromatic N) is 3. The third kappa shape index (κ3) is 5.98. The largest absolute Gasteiger partial charge is 0.497 e. The first kappa shape index (κ1) is 25.9. The lowest BCUT2D eigenvalue weighted by Crippen LogP contribution is -2.42. The molecule has 0 aliphatic rings. The highest BCUT2D eigenvalue weighted by Gasteiger charge is 2.23. The van der Waals surface area contributed by atoms with E-state index in [-0.39, 0.29) is 29.5 Å². The first-order chi connectivity index (χ1) is 17.8. The molecule has 0 fully saturated rings. The van der Waals surface area contributed by atoms with Crippen LogP contribution in [0.15, 0.2) is 79.0 Å². The average molecular weight is 521 g/mol. The van der Waals surface area contributed by atoms with E-state index < -0.39 is 11.7 Å². The number of hydrogen-bond donors (Lipinski definition) is 1. The van der Waals surface area contributed by atoms with Crippen LogP contribution in [0.4, 0.5) is 10.3 Å². The number of ether oxygens (including phenoxy) is 1. The van der Waals surface area contributed by atoms with Gasteiger partial charge in [0.2, 0.25) is 11.9 Å². The number of carbonyl (C=O) groups is 2. The van der Waals surface area contributed by atoms with E-state index in [1.807, 2.05) is 44.2 Å². The first-order valence-electron chi connectivity index (χ1n) is 11.6. The molecule has 4 rings (SSSR count). The number of hydrogen-bond acceptors (Lipinski definition) is 4. The smallest absolute Gasteiger partial charge is 0.254 e. The van der Waals surface area contributed by atoms with Gasteiger partial charge in [0.25, 0.3) is 5.91 Å². The molecule has 7 nitrogen and oxygen atoms in total. The lowest BCUT2D eigenvalue weighted by Gasteiger charge is -2.26. The van der Waals surface area contributed by atoms with Gasteiger partial charge in [0.1, 0.15) is 18.1 Å². The Balaban J connectivity index is 1.61. The molecule has 0 spiro atoms. The number of nitrogens with one attached hydrogen (secondary N) is 1. The molecule has 0 atom stereocenters. The van der Waals surface area contributed by atoms with Crippen molar-refractivity contribution in [2.45, 2.75) is 19.9 Å². The fourth-order valence-corrected chi connectivity index (χ4v) is 3.93. The van der Waals surface area contributed by atoms with Crippen LogP contribution in [0.1, 0.15) is 24.2 Å². The number of aromatic nitrogens is 2. The number of rotatable bonds is 8. The van der Waals surface area contributed by atoms with Crippen LogP contribution in [0.5, 0.6) is 5.75 Å². The number of anilines is 1. The van der Waals surface area contributed by atoms with Crippen molar-refractivity contribution in [3.05, 3.63) is 95.4 Å². The van der Waals surface area contributed by atoms with Crippen molar-refractivity contribution in [2.24, 2.45) is 0 Å². The van der Waals surface area contributed by atoms with E-state index in [9.17, 15) is 14.0 Å². The second-order valence-electron chi connectivity index (χ2n) is 8.59. The Bertz CT molecular complexity index is 1400. The van der Waals surface area contributed by atoms with Crippen molar-refractivity contribution in [3.8, 4) is 22.7 Å². The molecule has 9 heteroatoms. The highest BCUT2D eigenvalue weighted by Crippen LogP contribution is 2.27.